The van der Waals surface area contributed by atoms with E-state index in [1.807, 2.05) is 60.0 Å². The van der Waals surface area contributed by atoms with Gasteiger partial charge in [-0.2, -0.15) is 0 Å². The van der Waals surface area contributed by atoms with E-state index in [1.165, 1.54) is 22.9 Å². The predicted molar refractivity (Wildman–Crippen MR) is 140 cm³/mol. The van der Waals surface area contributed by atoms with Gasteiger partial charge in [-0.25, -0.2) is 0 Å². The predicted octanol–water partition coefficient (Wildman–Crippen LogP) is 7.01. The van der Waals surface area contributed by atoms with Crippen molar-refractivity contribution in [3.05, 3.63) is 86.8 Å². The largest absolute Gasteiger partial charge is 0.324 e. The van der Waals surface area contributed by atoms with Crippen LogP contribution in [-0.2, 0) is 4.79 Å². The van der Waals surface area contributed by atoms with Crippen molar-refractivity contribution in [1.82, 2.24) is 14.8 Å². The van der Waals surface area contributed by atoms with Crippen LogP contribution in [0.25, 0.3) is 17.1 Å². The third-order valence-electron chi connectivity index (χ3n) is 5.22. The molecule has 1 N–H and O–H groups in total. The summed E-state index contributed by atoms with van der Waals surface area (Å²) in [6.07, 6.45) is 0. The lowest BCUT2D eigenvalue weighted by Crippen LogP contribution is -2.15. The normalized spacial score (nSPS) is 10.9. The second-order valence-corrected chi connectivity index (χ2v) is 9.97. The van der Waals surface area contributed by atoms with Gasteiger partial charge >= 0.3 is 0 Å². The van der Waals surface area contributed by atoms with E-state index in [9.17, 15) is 4.79 Å². The monoisotopic (exact) mass is 540 g/mol. The third-order valence-corrected chi connectivity index (χ3v) is 7.05. The van der Waals surface area contributed by atoms with Crippen molar-refractivity contribution in [3.8, 4) is 17.1 Å². The van der Waals surface area contributed by atoms with Gasteiger partial charge in [0, 0.05) is 15.1 Å². The molecule has 4 aromatic rings. The van der Waals surface area contributed by atoms with Gasteiger partial charge < -0.3 is 5.32 Å². The van der Waals surface area contributed by atoms with Gasteiger partial charge in [0.15, 0.2) is 11.0 Å². The van der Waals surface area contributed by atoms with Crippen molar-refractivity contribution in [2.75, 3.05) is 11.1 Å². The van der Waals surface area contributed by atoms with Crippen molar-refractivity contribution in [2.24, 2.45) is 0 Å². The number of benzene rings is 3. The molecule has 3 aromatic carbocycles. The second kappa shape index (κ2) is 10.1. The van der Waals surface area contributed by atoms with Crippen molar-refractivity contribution in [2.45, 2.75) is 25.9 Å². The Labute approximate surface area is 210 Å². The molecule has 0 aliphatic rings. The fourth-order valence-corrected chi connectivity index (χ4v) is 4.75. The molecule has 0 aliphatic carbocycles. The molecule has 0 atom stereocenters. The van der Waals surface area contributed by atoms with Crippen LogP contribution in [0.1, 0.15) is 16.7 Å². The minimum atomic E-state index is -0.118. The highest BCUT2D eigenvalue weighted by Crippen LogP contribution is 2.30. The summed E-state index contributed by atoms with van der Waals surface area (Å²) >= 11 is 10.9. The summed E-state index contributed by atoms with van der Waals surface area (Å²) in [5.41, 5.74) is 6.06. The maximum Gasteiger partial charge on any atom is 0.234 e. The van der Waals surface area contributed by atoms with E-state index >= 15 is 0 Å². The third kappa shape index (κ3) is 5.49. The molecule has 168 valence electrons. The average molecular weight is 542 g/mol. The number of halogens is 2. The number of anilines is 1. The number of amides is 1. The Hall–Kier alpha value is -2.61. The van der Waals surface area contributed by atoms with E-state index in [4.69, 9.17) is 11.6 Å². The minimum Gasteiger partial charge on any atom is -0.324 e. The van der Waals surface area contributed by atoms with Gasteiger partial charge in [0.1, 0.15) is 0 Å². The molecule has 8 heteroatoms. The molecule has 0 saturated carbocycles. The molecule has 4 rings (SSSR count). The number of aryl methyl sites for hydroxylation is 3. The first-order chi connectivity index (χ1) is 15.8. The zero-order valence-corrected chi connectivity index (χ0v) is 21.6. The van der Waals surface area contributed by atoms with Gasteiger partial charge in [-0.15, -0.1) is 10.2 Å². The van der Waals surface area contributed by atoms with Crippen molar-refractivity contribution < 1.29 is 4.79 Å². The molecular formula is C25H22BrClN4OS. The van der Waals surface area contributed by atoms with E-state index in [0.29, 0.717) is 16.0 Å². The number of thioether (sulfide) groups is 1. The number of nitrogens with zero attached hydrogens (tertiary/aromatic N) is 3. The molecule has 0 spiro atoms. The molecule has 0 bridgehead atoms. The Bertz CT molecular complexity index is 1320. The quantitative estimate of drug-likeness (QED) is 0.267. The SMILES string of the molecule is Cc1ccc(NC(=O)CSc2nnc(-c3ccc(Cl)cc3)n2-c2ccc(C)c(C)c2)c(Br)c1. The van der Waals surface area contributed by atoms with E-state index in [-0.39, 0.29) is 11.7 Å². The summed E-state index contributed by atoms with van der Waals surface area (Å²) in [4.78, 5) is 12.7. The molecule has 1 heterocycles. The summed E-state index contributed by atoms with van der Waals surface area (Å²) in [5, 5.41) is 13.1. The second-order valence-electron chi connectivity index (χ2n) is 7.74. The van der Waals surface area contributed by atoms with Crippen LogP contribution < -0.4 is 5.32 Å². The van der Waals surface area contributed by atoms with E-state index < -0.39 is 0 Å². The zero-order chi connectivity index (χ0) is 23.5. The minimum absolute atomic E-state index is 0.118. The number of carbonyl (C=O) groups excluding carboxylic acids is 1. The summed E-state index contributed by atoms with van der Waals surface area (Å²) in [5.74, 6) is 0.774. The van der Waals surface area contributed by atoms with Crippen LogP contribution >= 0.6 is 39.3 Å². The average Bonchev–Trinajstić information content (AvgIpc) is 3.20. The summed E-state index contributed by atoms with van der Waals surface area (Å²) in [6, 6.07) is 19.5. The summed E-state index contributed by atoms with van der Waals surface area (Å²) < 4.78 is 2.83. The Kier molecular flexibility index (Phi) is 7.22. The van der Waals surface area contributed by atoms with E-state index in [2.05, 4.69) is 57.4 Å². The summed E-state index contributed by atoms with van der Waals surface area (Å²) in [6.45, 7) is 6.16. The molecule has 0 radical (unpaired) electrons. The Balaban J connectivity index is 1.62. The number of nitrogens with one attached hydrogen (secondary N) is 1. The Morgan fingerprint density at radius 1 is 1.00 bits per heavy atom. The van der Waals surface area contributed by atoms with Gasteiger partial charge in [0.25, 0.3) is 0 Å². The zero-order valence-electron chi connectivity index (χ0n) is 18.4. The van der Waals surface area contributed by atoms with Crippen LogP contribution in [0.4, 0.5) is 5.69 Å². The number of carbonyl (C=O) groups is 1. The molecule has 1 aromatic heterocycles. The topological polar surface area (TPSA) is 59.8 Å². The lowest BCUT2D eigenvalue weighted by atomic mass is 10.1. The van der Waals surface area contributed by atoms with Crippen LogP contribution in [0.2, 0.25) is 5.02 Å². The number of aromatic nitrogens is 3. The summed E-state index contributed by atoms with van der Waals surface area (Å²) in [7, 11) is 0. The van der Waals surface area contributed by atoms with E-state index in [1.54, 1.807) is 0 Å². The van der Waals surface area contributed by atoms with E-state index in [0.717, 1.165) is 27.0 Å². The van der Waals surface area contributed by atoms with Crippen LogP contribution in [-0.4, -0.2) is 26.4 Å². The number of hydrogen-bond acceptors (Lipinski definition) is 4. The Morgan fingerprint density at radius 2 is 1.76 bits per heavy atom. The first-order valence-electron chi connectivity index (χ1n) is 10.3. The lowest BCUT2D eigenvalue weighted by Gasteiger charge is -2.12. The molecule has 0 saturated heterocycles. The fourth-order valence-electron chi connectivity index (χ4n) is 3.28. The van der Waals surface area contributed by atoms with Gasteiger partial charge in [-0.05, 0) is 102 Å². The number of hydrogen-bond donors (Lipinski definition) is 1. The maximum atomic E-state index is 12.7. The first kappa shape index (κ1) is 23.5. The van der Waals surface area contributed by atoms with Gasteiger partial charge in [0.2, 0.25) is 5.91 Å². The lowest BCUT2D eigenvalue weighted by molar-refractivity contribution is -0.113. The van der Waals surface area contributed by atoms with Crippen molar-refractivity contribution in [1.29, 1.82) is 0 Å². The van der Waals surface area contributed by atoms with Crippen LogP contribution in [0.3, 0.4) is 0 Å². The highest BCUT2D eigenvalue weighted by molar-refractivity contribution is 9.10. The molecule has 0 fully saturated rings. The van der Waals surface area contributed by atoms with Crippen LogP contribution in [0.15, 0.2) is 70.3 Å². The molecule has 5 nitrogen and oxygen atoms in total. The highest BCUT2D eigenvalue weighted by atomic mass is 79.9. The van der Waals surface area contributed by atoms with Gasteiger partial charge in [-0.1, -0.05) is 35.5 Å². The highest BCUT2D eigenvalue weighted by Gasteiger charge is 2.18. The smallest absolute Gasteiger partial charge is 0.234 e. The fraction of sp³-hybridized carbons (Fsp3) is 0.160. The van der Waals surface area contributed by atoms with Gasteiger partial charge in [-0.3, -0.25) is 9.36 Å². The molecule has 1 amide bonds. The number of rotatable bonds is 6. The van der Waals surface area contributed by atoms with Crippen molar-refractivity contribution >= 4 is 50.9 Å². The van der Waals surface area contributed by atoms with Crippen LogP contribution in [0, 0.1) is 20.8 Å². The van der Waals surface area contributed by atoms with Gasteiger partial charge in [0.05, 0.1) is 17.1 Å². The first-order valence-corrected chi connectivity index (χ1v) is 12.5. The molecule has 0 unspecified atom stereocenters. The van der Waals surface area contributed by atoms with Crippen molar-refractivity contribution in [3.63, 3.8) is 0 Å². The molecule has 0 aliphatic heterocycles. The molecular weight excluding hydrogens is 520 g/mol. The van der Waals surface area contributed by atoms with Crippen LogP contribution in [0.5, 0.6) is 0 Å². The standard InChI is InChI=1S/C25H22BrClN4OS/c1-15-4-11-22(21(26)12-15)28-23(32)14-33-25-30-29-24(18-6-8-19(27)9-7-18)31(25)20-10-5-16(2)17(3)13-20/h4-13H,14H2,1-3H3,(H,28,32). The maximum absolute atomic E-state index is 12.7. The Morgan fingerprint density at radius 3 is 2.45 bits per heavy atom. The molecule has 33 heavy (non-hydrogen) atoms.